The number of benzene rings is 2. The van der Waals surface area contributed by atoms with Crippen molar-refractivity contribution in [3.8, 4) is 5.75 Å². The van der Waals surface area contributed by atoms with Gasteiger partial charge in [-0.25, -0.2) is 0 Å². The predicted octanol–water partition coefficient (Wildman–Crippen LogP) is 2.43. The highest BCUT2D eigenvalue weighted by Gasteiger charge is 2.23. The Morgan fingerprint density at radius 3 is 2.21 bits per heavy atom. The number of hydrogen-bond donors (Lipinski definition) is 0. The highest BCUT2D eigenvalue weighted by molar-refractivity contribution is 5.84. The van der Waals surface area contributed by atoms with Crippen molar-refractivity contribution in [3.05, 3.63) is 60.2 Å². The number of anilines is 1. The summed E-state index contributed by atoms with van der Waals surface area (Å²) < 4.78 is 5.17. The quantitative estimate of drug-likeness (QED) is 0.723. The molecule has 0 radical (unpaired) electrons. The maximum Gasteiger partial charge on any atom is 0.242 e. The minimum Gasteiger partial charge on any atom is -0.497 e. The molecule has 29 heavy (non-hydrogen) atoms. The first-order valence-electron chi connectivity index (χ1n) is 10.0. The Hall–Kier alpha value is -3.02. The van der Waals surface area contributed by atoms with Gasteiger partial charge in [0.25, 0.3) is 0 Å². The van der Waals surface area contributed by atoms with Crippen molar-refractivity contribution in [2.45, 2.75) is 13.3 Å². The van der Waals surface area contributed by atoms with Gasteiger partial charge in [0.2, 0.25) is 11.8 Å². The van der Waals surface area contributed by atoms with Gasteiger partial charge in [0.05, 0.1) is 13.7 Å². The average molecular weight is 396 g/mol. The maximum absolute atomic E-state index is 12.7. The third-order valence-corrected chi connectivity index (χ3v) is 5.35. The molecule has 0 N–H and O–H groups in total. The van der Waals surface area contributed by atoms with Gasteiger partial charge < -0.3 is 19.4 Å². The zero-order chi connectivity index (χ0) is 20.6. The van der Waals surface area contributed by atoms with Crippen molar-refractivity contribution < 1.29 is 14.3 Å². The first-order chi connectivity index (χ1) is 14.1. The molecule has 2 aromatic carbocycles. The number of carbonyl (C=O) groups excluding carboxylic acids is 2. The second-order valence-corrected chi connectivity index (χ2v) is 7.24. The van der Waals surface area contributed by atoms with Crippen LogP contribution in [0.15, 0.2) is 54.6 Å². The Morgan fingerprint density at radius 2 is 1.62 bits per heavy atom. The van der Waals surface area contributed by atoms with Crippen LogP contribution in [0.25, 0.3) is 0 Å². The highest BCUT2D eigenvalue weighted by atomic mass is 16.5. The van der Waals surface area contributed by atoms with Crippen LogP contribution in [-0.2, 0) is 16.0 Å². The molecule has 1 aliphatic heterocycles. The lowest BCUT2D eigenvalue weighted by atomic mass is 10.1. The van der Waals surface area contributed by atoms with Gasteiger partial charge in [-0.15, -0.1) is 0 Å². The number of amides is 2. The van der Waals surface area contributed by atoms with Crippen LogP contribution >= 0.6 is 0 Å². The van der Waals surface area contributed by atoms with Crippen molar-refractivity contribution in [2.75, 3.05) is 51.3 Å². The minimum atomic E-state index is -0.0743. The zero-order valence-corrected chi connectivity index (χ0v) is 17.2. The predicted molar refractivity (Wildman–Crippen MR) is 114 cm³/mol. The van der Waals surface area contributed by atoms with E-state index in [2.05, 4.69) is 17.0 Å². The minimum absolute atomic E-state index is 0.0163. The smallest absolute Gasteiger partial charge is 0.242 e. The van der Waals surface area contributed by atoms with Gasteiger partial charge in [-0.3, -0.25) is 9.59 Å². The van der Waals surface area contributed by atoms with Crippen molar-refractivity contribution in [2.24, 2.45) is 0 Å². The van der Waals surface area contributed by atoms with Crippen molar-refractivity contribution in [1.82, 2.24) is 9.80 Å². The van der Waals surface area contributed by atoms with Crippen molar-refractivity contribution >= 4 is 17.5 Å². The Kier molecular flexibility index (Phi) is 7.11. The summed E-state index contributed by atoms with van der Waals surface area (Å²) >= 11 is 0. The molecular formula is C23H29N3O3. The first-order valence-corrected chi connectivity index (χ1v) is 10.0. The fourth-order valence-electron chi connectivity index (χ4n) is 3.52. The number of nitrogens with zero attached hydrogens (tertiary/aromatic N) is 3. The number of piperazine rings is 1. The van der Waals surface area contributed by atoms with Crippen LogP contribution in [0, 0.1) is 0 Å². The van der Waals surface area contributed by atoms with E-state index in [0.717, 1.165) is 24.4 Å². The molecule has 0 aliphatic carbocycles. The van der Waals surface area contributed by atoms with E-state index in [1.165, 1.54) is 12.6 Å². The van der Waals surface area contributed by atoms with Crippen LogP contribution in [-0.4, -0.2) is 68.0 Å². The summed E-state index contributed by atoms with van der Waals surface area (Å²) in [7, 11) is 1.64. The molecule has 0 saturated carbocycles. The average Bonchev–Trinajstić information content (AvgIpc) is 2.77. The molecule has 6 heteroatoms. The summed E-state index contributed by atoms with van der Waals surface area (Å²) in [5.41, 5.74) is 2.30. The largest absolute Gasteiger partial charge is 0.497 e. The van der Waals surface area contributed by atoms with E-state index in [1.807, 2.05) is 47.4 Å². The lowest BCUT2D eigenvalue weighted by molar-refractivity contribution is -0.139. The van der Waals surface area contributed by atoms with E-state index < -0.39 is 0 Å². The molecule has 1 heterocycles. The summed E-state index contributed by atoms with van der Waals surface area (Å²) in [4.78, 5) is 30.6. The SMILES string of the molecule is COc1ccc(CCN(CC(=O)N2CCN(c3ccccc3)CC2)C(C)=O)cc1. The Labute approximate surface area is 172 Å². The Balaban J connectivity index is 1.49. The van der Waals surface area contributed by atoms with Gasteiger partial charge in [0, 0.05) is 45.3 Å². The van der Waals surface area contributed by atoms with E-state index in [1.54, 1.807) is 12.0 Å². The van der Waals surface area contributed by atoms with E-state index in [9.17, 15) is 9.59 Å². The van der Waals surface area contributed by atoms with Gasteiger partial charge in [-0.2, -0.15) is 0 Å². The molecule has 1 aliphatic rings. The molecule has 1 fully saturated rings. The normalized spacial score (nSPS) is 13.9. The fourth-order valence-corrected chi connectivity index (χ4v) is 3.52. The summed E-state index contributed by atoms with van der Waals surface area (Å²) in [5.74, 6) is 0.749. The van der Waals surface area contributed by atoms with E-state index >= 15 is 0 Å². The number of rotatable bonds is 7. The third kappa shape index (κ3) is 5.73. The maximum atomic E-state index is 12.7. The van der Waals surface area contributed by atoms with E-state index in [4.69, 9.17) is 4.74 Å². The molecule has 3 rings (SSSR count). The number of methoxy groups -OCH3 is 1. The molecule has 0 bridgehead atoms. The monoisotopic (exact) mass is 395 g/mol. The number of para-hydroxylation sites is 1. The summed E-state index contributed by atoms with van der Waals surface area (Å²) in [6.07, 6.45) is 0.707. The molecule has 0 unspecified atom stereocenters. The number of ether oxygens (including phenoxy) is 1. The van der Waals surface area contributed by atoms with Crippen molar-refractivity contribution in [3.63, 3.8) is 0 Å². The summed E-state index contributed by atoms with van der Waals surface area (Å²) in [6.45, 7) is 5.15. The van der Waals surface area contributed by atoms with Crippen LogP contribution < -0.4 is 9.64 Å². The lowest BCUT2D eigenvalue weighted by Crippen LogP contribution is -2.52. The molecule has 0 aromatic heterocycles. The van der Waals surface area contributed by atoms with Crippen LogP contribution in [0.4, 0.5) is 5.69 Å². The topological polar surface area (TPSA) is 53.1 Å². The zero-order valence-electron chi connectivity index (χ0n) is 17.2. The molecule has 2 aromatic rings. The summed E-state index contributed by atoms with van der Waals surface area (Å²) in [6, 6.07) is 18.0. The molecule has 6 nitrogen and oxygen atoms in total. The van der Waals surface area contributed by atoms with Gasteiger partial charge in [0.1, 0.15) is 5.75 Å². The van der Waals surface area contributed by atoms with Gasteiger partial charge in [-0.05, 0) is 36.2 Å². The van der Waals surface area contributed by atoms with Gasteiger partial charge in [-0.1, -0.05) is 30.3 Å². The second-order valence-electron chi connectivity index (χ2n) is 7.24. The number of carbonyl (C=O) groups is 2. The summed E-state index contributed by atoms with van der Waals surface area (Å²) in [5, 5.41) is 0. The third-order valence-electron chi connectivity index (χ3n) is 5.35. The molecule has 0 spiro atoms. The highest BCUT2D eigenvalue weighted by Crippen LogP contribution is 2.16. The van der Waals surface area contributed by atoms with Gasteiger partial charge >= 0.3 is 0 Å². The second kappa shape index (κ2) is 9.96. The molecular weight excluding hydrogens is 366 g/mol. The molecule has 154 valence electrons. The Bertz CT molecular complexity index is 800. The van der Waals surface area contributed by atoms with Crippen LogP contribution in [0.1, 0.15) is 12.5 Å². The van der Waals surface area contributed by atoms with E-state index in [0.29, 0.717) is 26.1 Å². The van der Waals surface area contributed by atoms with Crippen LogP contribution in [0.3, 0.4) is 0 Å². The number of hydrogen-bond acceptors (Lipinski definition) is 4. The molecule has 0 atom stereocenters. The van der Waals surface area contributed by atoms with Crippen molar-refractivity contribution in [1.29, 1.82) is 0 Å². The van der Waals surface area contributed by atoms with Gasteiger partial charge in [0.15, 0.2) is 0 Å². The van der Waals surface area contributed by atoms with E-state index in [-0.39, 0.29) is 18.4 Å². The van der Waals surface area contributed by atoms with Crippen LogP contribution in [0.2, 0.25) is 0 Å². The Morgan fingerprint density at radius 1 is 0.966 bits per heavy atom. The first kappa shape index (κ1) is 20.7. The molecule has 2 amide bonds. The lowest BCUT2D eigenvalue weighted by Gasteiger charge is -2.37. The molecule has 1 saturated heterocycles. The standard InChI is InChI=1S/C23H29N3O3/c1-19(27)26(13-12-20-8-10-22(29-2)11-9-20)18-23(28)25-16-14-24(15-17-25)21-6-4-3-5-7-21/h3-11H,12-18H2,1-2H3. The fraction of sp³-hybridized carbons (Fsp3) is 0.391. The van der Waals surface area contributed by atoms with Crippen LogP contribution in [0.5, 0.6) is 5.75 Å².